The Morgan fingerprint density at radius 3 is 1.49 bits per heavy atom. The summed E-state index contributed by atoms with van der Waals surface area (Å²) >= 11 is 1.79. The van der Waals surface area contributed by atoms with Crippen molar-refractivity contribution in [2.24, 2.45) is 0 Å². The van der Waals surface area contributed by atoms with E-state index in [2.05, 4.69) is 203 Å². The molecule has 214 valence electrons. The Bertz CT molecular complexity index is 3180. The highest BCUT2D eigenvalue weighted by Crippen LogP contribution is 2.41. The minimum absolute atomic E-state index is 0.897. The Labute approximate surface area is 289 Å². The van der Waals surface area contributed by atoms with Crippen LogP contribution in [-0.4, -0.2) is 4.98 Å². The van der Waals surface area contributed by atoms with Gasteiger partial charge in [0.1, 0.15) is 0 Å². The van der Waals surface area contributed by atoms with E-state index in [1.165, 1.54) is 58.3 Å². The molecule has 0 unspecified atom stereocenters. The van der Waals surface area contributed by atoms with Crippen molar-refractivity contribution in [2.45, 2.75) is 6.92 Å². The highest BCUT2D eigenvalue weighted by molar-refractivity contribution is 7.26. The zero-order valence-corrected chi connectivity index (χ0v) is 26.6. The minimum Gasteiger partial charge on any atom is -0.354 e. The molecule has 49 heavy (non-hydrogen) atoms. The molecule has 0 aliphatic heterocycles. The molecular weight excluding hydrogens is 611 g/mol. The lowest BCUT2D eigenvalue weighted by atomic mass is 10.0. The number of aromatic nitrogens is 1. The van der Waals surface area contributed by atoms with Crippen LogP contribution in [0, 0.1) is 150 Å². The lowest BCUT2D eigenvalue weighted by Crippen LogP contribution is -1.77. The molecule has 4 aromatic carbocycles. The first-order valence-corrected chi connectivity index (χ1v) is 15.3. The SMILES string of the molecule is C#CC#CC#CC#CC#CC#CC#CC#CC#CC#CC#CC#Cc1ccc2c(c1)sc1c2ccc2c1ccc1c3ccc(C)cc3[nH]c12. The molecule has 0 amide bonds. The maximum atomic E-state index is 4.96. The second-order valence-electron chi connectivity index (χ2n) is 9.91. The molecule has 6 aromatic rings. The average Bonchev–Trinajstić information content (AvgIpc) is 3.68. The summed E-state index contributed by atoms with van der Waals surface area (Å²) < 4.78 is 2.46. The third-order valence-electron chi connectivity index (χ3n) is 6.89. The van der Waals surface area contributed by atoms with Crippen LogP contribution in [0.2, 0.25) is 0 Å². The molecule has 0 spiro atoms. The van der Waals surface area contributed by atoms with Gasteiger partial charge in [0.05, 0.1) is 5.52 Å². The summed E-state index contributed by atoms with van der Waals surface area (Å²) in [4.78, 5) is 3.67. The third-order valence-corrected chi connectivity index (χ3v) is 8.09. The normalized spacial score (nSPS) is 8.33. The van der Waals surface area contributed by atoms with Gasteiger partial charge in [-0.2, -0.15) is 0 Å². The Morgan fingerprint density at radius 1 is 0.469 bits per heavy atom. The first-order chi connectivity index (χ1) is 24.2. The fourth-order valence-corrected chi connectivity index (χ4v) is 6.21. The number of rotatable bonds is 0. The minimum atomic E-state index is 0.897. The molecule has 0 aliphatic rings. The van der Waals surface area contributed by atoms with E-state index in [0.29, 0.717) is 0 Å². The molecule has 0 aliphatic carbocycles. The molecular formula is C47H15NS. The monoisotopic (exact) mass is 625 g/mol. The highest BCUT2D eigenvalue weighted by atomic mass is 32.1. The first kappa shape index (κ1) is 30.9. The molecule has 2 heterocycles. The van der Waals surface area contributed by atoms with Crippen molar-refractivity contribution in [1.82, 2.24) is 4.98 Å². The number of terminal acetylenes is 1. The van der Waals surface area contributed by atoms with Gasteiger partial charge in [-0.1, -0.05) is 48.4 Å². The van der Waals surface area contributed by atoms with E-state index in [0.717, 1.165) is 5.56 Å². The van der Waals surface area contributed by atoms with Gasteiger partial charge in [-0.3, -0.25) is 0 Å². The van der Waals surface area contributed by atoms with Crippen LogP contribution in [0.5, 0.6) is 0 Å². The van der Waals surface area contributed by atoms with Gasteiger partial charge in [0.25, 0.3) is 0 Å². The highest BCUT2D eigenvalue weighted by Gasteiger charge is 2.13. The molecule has 1 nitrogen and oxygen atoms in total. The summed E-state index contributed by atoms with van der Waals surface area (Å²) in [6.45, 7) is 2.12. The zero-order valence-electron chi connectivity index (χ0n) is 25.8. The van der Waals surface area contributed by atoms with E-state index in [1.807, 2.05) is 6.07 Å². The largest absolute Gasteiger partial charge is 0.354 e. The number of aromatic amines is 1. The molecule has 0 saturated heterocycles. The Kier molecular flexibility index (Phi) is 9.61. The Balaban J connectivity index is 1.09. The zero-order chi connectivity index (χ0) is 33.7. The second kappa shape index (κ2) is 15.2. The van der Waals surface area contributed by atoms with Crippen LogP contribution in [-0.2, 0) is 0 Å². The van der Waals surface area contributed by atoms with E-state index in [1.54, 1.807) is 11.3 Å². The van der Waals surface area contributed by atoms with Crippen LogP contribution in [0.15, 0.2) is 60.7 Å². The van der Waals surface area contributed by atoms with Crippen molar-refractivity contribution < 1.29 is 0 Å². The van der Waals surface area contributed by atoms with Gasteiger partial charge in [-0.25, -0.2) is 0 Å². The van der Waals surface area contributed by atoms with Gasteiger partial charge >= 0.3 is 0 Å². The van der Waals surface area contributed by atoms with Crippen LogP contribution < -0.4 is 0 Å². The molecule has 0 bridgehead atoms. The second-order valence-corrected chi connectivity index (χ2v) is 11.0. The molecule has 2 heteroatoms. The van der Waals surface area contributed by atoms with Crippen molar-refractivity contribution in [2.75, 3.05) is 0 Å². The van der Waals surface area contributed by atoms with E-state index in [9.17, 15) is 0 Å². The number of benzene rings is 4. The van der Waals surface area contributed by atoms with Crippen molar-refractivity contribution in [1.29, 1.82) is 0 Å². The number of hydrogen-bond acceptors (Lipinski definition) is 1. The van der Waals surface area contributed by atoms with Crippen LogP contribution in [0.4, 0.5) is 0 Å². The number of hydrogen-bond donors (Lipinski definition) is 1. The van der Waals surface area contributed by atoms with Crippen LogP contribution in [0.1, 0.15) is 11.1 Å². The Morgan fingerprint density at radius 2 is 0.918 bits per heavy atom. The summed E-state index contributed by atoms with van der Waals surface area (Å²) in [6.07, 6.45) is 4.96. The standard InChI is InChI=1S/C47H15NS/c1-3-4-5-6-7-8-9-10-11-12-13-14-15-16-17-18-19-20-21-22-23-24-25-37-27-29-39-42-32-31-41-43(47(42)49-45(39)35-37)33-30-40-38-28-26-36(2)34-44(38)48-46(40)41/h1,26-35,48H,2H3. The van der Waals surface area contributed by atoms with Gasteiger partial charge in [0.15, 0.2) is 0 Å². The van der Waals surface area contributed by atoms with E-state index in [4.69, 9.17) is 6.42 Å². The number of H-pyrrole nitrogens is 1. The van der Waals surface area contributed by atoms with Gasteiger partial charge in [-0.15, -0.1) is 17.8 Å². The predicted molar refractivity (Wildman–Crippen MR) is 204 cm³/mol. The molecule has 2 aromatic heterocycles. The fraction of sp³-hybridized carbons (Fsp3) is 0.0213. The van der Waals surface area contributed by atoms with Crippen molar-refractivity contribution in [3.05, 3.63) is 71.8 Å². The predicted octanol–water partition coefficient (Wildman–Crippen LogP) is 7.17. The van der Waals surface area contributed by atoms with E-state index >= 15 is 0 Å². The summed E-state index contributed by atoms with van der Waals surface area (Å²) in [5, 5.41) is 7.45. The molecule has 1 N–H and O–H groups in total. The maximum Gasteiger partial charge on any atom is 0.0545 e. The topological polar surface area (TPSA) is 15.8 Å². The van der Waals surface area contributed by atoms with E-state index in [-0.39, 0.29) is 0 Å². The smallest absolute Gasteiger partial charge is 0.0545 e. The van der Waals surface area contributed by atoms with E-state index < -0.39 is 0 Å². The summed E-state index contributed by atoms with van der Waals surface area (Å²) in [5.74, 6) is 59.1. The van der Waals surface area contributed by atoms with Gasteiger partial charge in [-0.05, 0) is 125 Å². The summed E-state index contributed by atoms with van der Waals surface area (Å²) in [7, 11) is 0. The molecule has 0 radical (unpaired) electrons. The fourth-order valence-electron chi connectivity index (χ4n) is 4.94. The Hall–Kier alpha value is -8.12. The molecule has 0 fully saturated rings. The number of aryl methyl sites for hydroxylation is 1. The molecule has 0 atom stereocenters. The number of fused-ring (bicyclic) bond motifs is 9. The van der Waals surface area contributed by atoms with Crippen molar-refractivity contribution >= 4 is 64.1 Å². The lowest BCUT2D eigenvalue weighted by molar-refractivity contribution is 1.48. The van der Waals surface area contributed by atoms with Gasteiger partial charge < -0.3 is 4.98 Å². The quantitative estimate of drug-likeness (QED) is 0.172. The van der Waals surface area contributed by atoms with Crippen LogP contribution >= 0.6 is 11.3 Å². The summed E-state index contributed by atoms with van der Waals surface area (Å²) in [5.41, 5.74) is 4.49. The molecule has 0 saturated carbocycles. The average molecular weight is 626 g/mol. The van der Waals surface area contributed by atoms with Crippen LogP contribution in [0.3, 0.4) is 0 Å². The first-order valence-electron chi connectivity index (χ1n) is 14.5. The summed E-state index contributed by atoms with van der Waals surface area (Å²) in [6, 6.07) is 21.8. The van der Waals surface area contributed by atoms with Gasteiger partial charge in [0, 0.05) is 88.3 Å². The van der Waals surface area contributed by atoms with Crippen molar-refractivity contribution in [3.63, 3.8) is 0 Å². The lowest BCUT2D eigenvalue weighted by Gasteiger charge is -2.02. The third kappa shape index (κ3) is 7.41. The maximum absolute atomic E-state index is 4.96. The number of thiophene rings is 1. The van der Waals surface area contributed by atoms with Gasteiger partial charge in [0.2, 0.25) is 0 Å². The van der Waals surface area contributed by atoms with Crippen LogP contribution in [0.25, 0.3) is 52.8 Å². The number of nitrogens with one attached hydrogen (secondary N) is 1. The van der Waals surface area contributed by atoms with Crippen molar-refractivity contribution in [3.8, 4) is 143 Å². The molecule has 6 rings (SSSR count).